The zero-order valence-corrected chi connectivity index (χ0v) is 48.5. The van der Waals surface area contributed by atoms with Crippen LogP contribution in [0.1, 0.15) is 380 Å². The van der Waals surface area contributed by atoms with Gasteiger partial charge < -0.3 is 20.3 Å². The molecule has 1 amide bonds. The van der Waals surface area contributed by atoms with E-state index in [2.05, 4.69) is 19.2 Å². The van der Waals surface area contributed by atoms with Crippen molar-refractivity contribution in [3.63, 3.8) is 0 Å². The predicted octanol–water partition coefficient (Wildman–Crippen LogP) is 20.6. The largest absolute Gasteiger partial charge is 0.466 e. The molecule has 0 aromatic heterocycles. The van der Waals surface area contributed by atoms with Crippen molar-refractivity contribution in [2.75, 3.05) is 13.2 Å². The summed E-state index contributed by atoms with van der Waals surface area (Å²) in [5.41, 5.74) is 0. The lowest BCUT2D eigenvalue weighted by molar-refractivity contribution is -0.143. The number of aliphatic hydroxyl groups excluding tert-OH is 2. The van der Waals surface area contributed by atoms with Gasteiger partial charge in [-0.25, -0.2) is 0 Å². The summed E-state index contributed by atoms with van der Waals surface area (Å²) in [6.07, 6.45) is 72.7. The number of amides is 1. The smallest absolute Gasteiger partial charge is 0.305 e. The Morgan fingerprint density at radius 3 is 0.859 bits per heavy atom. The fourth-order valence-electron chi connectivity index (χ4n) is 10.6. The van der Waals surface area contributed by atoms with Gasteiger partial charge in [0, 0.05) is 12.8 Å². The summed E-state index contributed by atoms with van der Waals surface area (Å²) in [7, 11) is 0. The minimum absolute atomic E-state index is 0.0192. The minimum Gasteiger partial charge on any atom is -0.466 e. The fourth-order valence-corrected chi connectivity index (χ4v) is 10.6. The van der Waals surface area contributed by atoms with Crippen LogP contribution in [0.5, 0.6) is 0 Å². The second kappa shape index (κ2) is 61.4. The van der Waals surface area contributed by atoms with E-state index in [9.17, 15) is 19.8 Å². The number of carbonyl (C=O) groups excluding carboxylic acids is 2. The number of esters is 1. The van der Waals surface area contributed by atoms with Crippen molar-refractivity contribution in [1.29, 1.82) is 0 Å². The van der Waals surface area contributed by atoms with Gasteiger partial charge in [-0.3, -0.25) is 9.59 Å². The van der Waals surface area contributed by atoms with Crippen LogP contribution in [0.4, 0.5) is 0 Å². The highest BCUT2D eigenvalue weighted by Crippen LogP contribution is 2.19. The molecule has 0 aliphatic rings. The molecule has 6 heteroatoms. The van der Waals surface area contributed by atoms with Gasteiger partial charge in [-0.1, -0.05) is 341 Å². The second-order valence-electron chi connectivity index (χ2n) is 22.8. The van der Waals surface area contributed by atoms with Crippen molar-refractivity contribution in [3.8, 4) is 0 Å². The molecule has 2 unspecified atom stereocenters. The van der Waals surface area contributed by atoms with Gasteiger partial charge in [0.1, 0.15) is 0 Å². The first-order valence-electron chi connectivity index (χ1n) is 32.8. The molecule has 71 heavy (non-hydrogen) atoms. The summed E-state index contributed by atoms with van der Waals surface area (Å²) in [5, 5.41) is 23.3. The highest BCUT2D eigenvalue weighted by atomic mass is 16.5. The van der Waals surface area contributed by atoms with E-state index < -0.39 is 12.1 Å². The van der Waals surface area contributed by atoms with E-state index in [-0.39, 0.29) is 18.5 Å². The monoisotopic (exact) mass is 1000 g/mol. The molecule has 0 bridgehead atoms. The molecule has 0 aliphatic heterocycles. The molecule has 3 N–H and O–H groups in total. The first-order valence-corrected chi connectivity index (χ1v) is 32.8. The highest BCUT2D eigenvalue weighted by Gasteiger charge is 2.20. The fraction of sp³-hybridized carbons (Fsp3) is 0.969. The van der Waals surface area contributed by atoms with Gasteiger partial charge in [-0.2, -0.15) is 0 Å². The van der Waals surface area contributed by atoms with Crippen molar-refractivity contribution in [1.82, 2.24) is 5.32 Å². The number of nitrogens with one attached hydrogen (secondary N) is 1. The van der Waals surface area contributed by atoms with Gasteiger partial charge in [0.2, 0.25) is 5.91 Å². The Kier molecular flexibility index (Phi) is 60.4. The Morgan fingerprint density at radius 2 is 0.577 bits per heavy atom. The van der Waals surface area contributed by atoms with Crippen LogP contribution in [0.2, 0.25) is 0 Å². The maximum absolute atomic E-state index is 12.5. The SMILES string of the molecule is CCCCCCCCCCCCCCCCCCCCCC(=O)OCCCCCCCCCCCCCCCCCCCCCCCCC(=O)NC(CO)C(O)CCCCCCCCCCCCCCC. The van der Waals surface area contributed by atoms with E-state index in [0.717, 1.165) is 38.5 Å². The average molecular weight is 1000 g/mol. The first kappa shape index (κ1) is 69.9. The van der Waals surface area contributed by atoms with Crippen LogP contribution in [0, 0.1) is 0 Å². The molecule has 0 aromatic rings. The van der Waals surface area contributed by atoms with Gasteiger partial charge in [-0.15, -0.1) is 0 Å². The number of unbranched alkanes of at least 4 members (excludes halogenated alkanes) is 51. The number of aliphatic hydroxyl groups is 2. The van der Waals surface area contributed by atoms with Crippen molar-refractivity contribution < 1.29 is 24.5 Å². The summed E-state index contributed by atoms with van der Waals surface area (Å²) < 4.78 is 5.51. The van der Waals surface area contributed by atoms with Crippen LogP contribution in [0.15, 0.2) is 0 Å². The van der Waals surface area contributed by atoms with Crippen molar-refractivity contribution in [2.45, 2.75) is 392 Å². The van der Waals surface area contributed by atoms with Crippen LogP contribution in [0.3, 0.4) is 0 Å². The van der Waals surface area contributed by atoms with Crippen molar-refractivity contribution in [3.05, 3.63) is 0 Å². The normalized spacial score (nSPS) is 12.5. The predicted molar refractivity (Wildman–Crippen MR) is 310 cm³/mol. The van der Waals surface area contributed by atoms with Crippen LogP contribution in [-0.2, 0) is 14.3 Å². The maximum Gasteiger partial charge on any atom is 0.305 e. The van der Waals surface area contributed by atoms with E-state index >= 15 is 0 Å². The third-order valence-electron chi connectivity index (χ3n) is 15.7. The molecule has 0 saturated heterocycles. The summed E-state index contributed by atoms with van der Waals surface area (Å²) in [4.78, 5) is 24.6. The van der Waals surface area contributed by atoms with E-state index in [4.69, 9.17) is 4.74 Å². The Labute approximate surface area is 445 Å². The number of hydrogen-bond acceptors (Lipinski definition) is 5. The quantitative estimate of drug-likeness (QED) is 0.0417. The van der Waals surface area contributed by atoms with Crippen molar-refractivity contribution in [2.24, 2.45) is 0 Å². The Hall–Kier alpha value is -1.14. The lowest BCUT2D eigenvalue weighted by Gasteiger charge is -2.22. The maximum atomic E-state index is 12.5. The molecule has 0 radical (unpaired) electrons. The molecule has 6 nitrogen and oxygen atoms in total. The third kappa shape index (κ3) is 58.0. The Bertz CT molecular complexity index is 1020. The van der Waals surface area contributed by atoms with Gasteiger partial charge >= 0.3 is 5.97 Å². The first-order chi connectivity index (χ1) is 35.0. The number of hydrogen-bond donors (Lipinski definition) is 3. The molecule has 0 fully saturated rings. The van der Waals surface area contributed by atoms with Gasteiger partial charge in [-0.05, 0) is 25.7 Å². The minimum atomic E-state index is -0.662. The van der Waals surface area contributed by atoms with E-state index in [1.54, 1.807) is 0 Å². The number of carbonyl (C=O) groups is 2. The van der Waals surface area contributed by atoms with E-state index in [0.29, 0.717) is 25.9 Å². The molecule has 424 valence electrons. The molecule has 2 atom stereocenters. The summed E-state index contributed by atoms with van der Waals surface area (Å²) in [5.74, 6) is -0.0134. The molecule has 0 saturated carbocycles. The van der Waals surface area contributed by atoms with Gasteiger partial charge in [0.05, 0.1) is 25.4 Å². The topological polar surface area (TPSA) is 95.9 Å². The Balaban J connectivity index is 3.33. The number of ether oxygens (including phenoxy) is 1. The second-order valence-corrected chi connectivity index (χ2v) is 22.8. The lowest BCUT2D eigenvalue weighted by atomic mass is 10.0. The summed E-state index contributed by atoms with van der Waals surface area (Å²) >= 11 is 0. The van der Waals surface area contributed by atoms with Crippen LogP contribution in [0.25, 0.3) is 0 Å². The third-order valence-corrected chi connectivity index (χ3v) is 15.7. The molecule has 0 aromatic carbocycles. The highest BCUT2D eigenvalue weighted by molar-refractivity contribution is 5.76. The zero-order chi connectivity index (χ0) is 51.4. The van der Waals surface area contributed by atoms with E-state index in [1.165, 1.54) is 308 Å². The molecule has 0 heterocycles. The zero-order valence-electron chi connectivity index (χ0n) is 48.5. The molecular formula is C65H129NO5. The van der Waals surface area contributed by atoms with Gasteiger partial charge in [0.15, 0.2) is 0 Å². The van der Waals surface area contributed by atoms with Crippen LogP contribution in [-0.4, -0.2) is 47.4 Å². The lowest BCUT2D eigenvalue weighted by Crippen LogP contribution is -2.45. The number of rotatable bonds is 62. The van der Waals surface area contributed by atoms with E-state index in [1.807, 2.05) is 0 Å². The summed E-state index contributed by atoms with van der Waals surface area (Å²) in [6, 6.07) is -0.540. The molecule has 0 spiro atoms. The standard InChI is InChI=1S/C65H129NO5/c1-3-5-7-9-11-13-15-17-18-19-24-28-31-35-39-43-47-51-55-59-65(70)71-60-56-52-48-44-40-36-32-29-26-23-21-20-22-25-27-30-34-38-42-46-50-54-58-64(69)66-62(61-67)63(68)57-53-49-45-41-37-33-16-14-12-10-8-6-4-2/h62-63,67-68H,3-61H2,1-2H3,(H,66,69). The van der Waals surface area contributed by atoms with Crippen LogP contribution < -0.4 is 5.32 Å². The molecule has 0 aliphatic carbocycles. The van der Waals surface area contributed by atoms with Crippen molar-refractivity contribution >= 4 is 11.9 Å². The molecule has 0 rings (SSSR count). The molecular weight excluding hydrogens is 875 g/mol. The van der Waals surface area contributed by atoms with Crippen LogP contribution >= 0.6 is 0 Å². The summed E-state index contributed by atoms with van der Waals surface area (Å²) in [6.45, 7) is 4.99. The average Bonchev–Trinajstić information content (AvgIpc) is 3.37. The van der Waals surface area contributed by atoms with Gasteiger partial charge in [0.25, 0.3) is 0 Å². The Morgan fingerprint density at radius 1 is 0.338 bits per heavy atom.